The van der Waals surface area contributed by atoms with Crippen molar-refractivity contribution in [1.82, 2.24) is 0 Å². The van der Waals surface area contributed by atoms with E-state index in [4.69, 9.17) is 10.5 Å². The largest absolute Gasteiger partial charge is 0.497 e. The maximum Gasteiger partial charge on any atom is 0.122 e. The fraction of sp³-hybridized carbons (Fsp3) is 0.571. The Bertz CT molecular complexity index is 389. The van der Waals surface area contributed by atoms with Crippen LogP contribution in [-0.2, 0) is 0 Å². The number of rotatable bonds is 5. The van der Waals surface area contributed by atoms with Gasteiger partial charge in [0.2, 0.25) is 0 Å². The minimum atomic E-state index is 0.160. The molecule has 1 fully saturated rings. The van der Waals surface area contributed by atoms with Crippen molar-refractivity contribution in [2.45, 2.75) is 31.7 Å². The topological polar surface area (TPSA) is 58.7 Å². The molecule has 0 heterocycles. The van der Waals surface area contributed by atoms with Gasteiger partial charge in [-0.25, -0.2) is 0 Å². The van der Waals surface area contributed by atoms with Crippen LogP contribution in [0.3, 0.4) is 0 Å². The molecule has 4 nitrogen and oxygen atoms in total. The second-order valence-electron chi connectivity index (χ2n) is 4.82. The first kappa shape index (κ1) is 13.0. The van der Waals surface area contributed by atoms with Crippen molar-refractivity contribution >= 4 is 11.4 Å². The maximum atomic E-state index is 9.25. The van der Waals surface area contributed by atoms with Crippen molar-refractivity contribution in [3.05, 3.63) is 18.2 Å². The minimum Gasteiger partial charge on any atom is -0.497 e. The summed E-state index contributed by atoms with van der Waals surface area (Å²) in [5, 5.41) is 9.25. The van der Waals surface area contributed by atoms with Gasteiger partial charge in [-0.3, -0.25) is 0 Å². The Balaban J connectivity index is 2.25. The number of benzene rings is 1. The quantitative estimate of drug-likeness (QED) is 0.785. The number of aliphatic hydroxyl groups excluding tert-OH is 1. The third-order valence-electron chi connectivity index (χ3n) is 3.59. The number of ether oxygens (including phenoxy) is 1. The first-order chi connectivity index (χ1) is 8.74. The van der Waals surface area contributed by atoms with Gasteiger partial charge in [0.05, 0.1) is 13.7 Å². The Morgan fingerprint density at radius 3 is 2.67 bits per heavy atom. The Labute approximate surface area is 108 Å². The third kappa shape index (κ3) is 2.88. The van der Waals surface area contributed by atoms with Crippen LogP contribution in [0.15, 0.2) is 18.2 Å². The van der Waals surface area contributed by atoms with Crippen LogP contribution in [0.1, 0.15) is 25.7 Å². The molecule has 0 atom stereocenters. The average molecular weight is 250 g/mol. The number of aliphatic hydroxyl groups is 1. The van der Waals surface area contributed by atoms with Gasteiger partial charge < -0.3 is 20.5 Å². The minimum absolute atomic E-state index is 0.160. The number of nitrogens with zero attached hydrogens (tertiary/aromatic N) is 1. The summed E-state index contributed by atoms with van der Waals surface area (Å²) in [5.74, 6) is 0.769. The summed E-state index contributed by atoms with van der Waals surface area (Å²) in [7, 11) is 1.64. The van der Waals surface area contributed by atoms with E-state index >= 15 is 0 Å². The van der Waals surface area contributed by atoms with Crippen LogP contribution in [0.2, 0.25) is 0 Å². The van der Waals surface area contributed by atoms with E-state index in [1.54, 1.807) is 7.11 Å². The number of anilines is 2. The lowest BCUT2D eigenvalue weighted by molar-refractivity contribution is 0.297. The average Bonchev–Trinajstić information content (AvgIpc) is 2.88. The van der Waals surface area contributed by atoms with Crippen LogP contribution in [0.25, 0.3) is 0 Å². The van der Waals surface area contributed by atoms with Gasteiger partial charge in [0, 0.05) is 36.1 Å². The molecular formula is C14H22N2O2. The molecule has 0 saturated heterocycles. The monoisotopic (exact) mass is 250 g/mol. The SMILES string of the molecule is COc1cc(N)cc(N(CCO)C2CCCC2)c1. The second kappa shape index (κ2) is 5.96. The van der Waals surface area contributed by atoms with E-state index in [2.05, 4.69) is 4.90 Å². The molecule has 0 bridgehead atoms. The van der Waals surface area contributed by atoms with Crippen LogP contribution in [0, 0.1) is 0 Å². The van der Waals surface area contributed by atoms with Crippen molar-refractivity contribution in [2.24, 2.45) is 0 Å². The third-order valence-corrected chi connectivity index (χ3v) is 3.59. The van der Waals surface area contributed by atoms with Gasteiger partial charge in [0.15, 0.2) is 0 Å². The summed E-state index contributed by atoms with van der Waals surface area (Å²) in [6.45, 7) is 0.810. The molecule has 1 saturated carbocycles. The van der Waals surface area contributed by atoms with Gasteiger partial charge in [-0.2, -0.15) is 0 Å². The van der Waals surface area contributed by atoms with Crippen LogP contribution in [0.4, 0.5) is 11.4 Å². The van der Waals surface area contributed by atoms with Crippen LogP contribution < -0.4 is 15.4 Å². The fourth-order valence-corrected chi connectivity index (χ4v) is 2.74. The second-order valence-corrected chi connectivity index (χ2v) is 4.82. The Kier molecular flexibility index (Phi) is 4.31. The molecule has 100 valence electrons. The maximum absolute atomic E-state index is 9.25. The van der Waals surface area contributed by atoms with Gasteiger partial charge in [0.25, 0.3) is 0 Å². The van der Waals surface area contributed by atoms with Crippen molar-refractivity contribution in [2.75, 3.05) is 30.9 Å². The highest BCUT2D eigenvalue weighted by Gasteiger charge is 2.23. The van der Waals surface area contributed by atoms with Crippen molar-refractivity contribution < 1.29 is 9.84 Å². The van der Waals surface area contributed by atoms with E-state index in [0.717, 1.165) is 11.4 Å². The van der Waals surface area contributed by atoms with Crippen molar-refractivity contribution in [3.63, 3.8) is 0 Å². The van der Waals surface area contributed by atoms with Crippen LogP contribution in [-0.4, -0.2) is 31.4 Å². The van der Waals surface area contributed by atoms with Crippen molar-refractivity contribution in [1.29, 1.82) is 0 Å². The van der Waals surface area contributed by atoms with Gasteiger partial charge >= 0.3 is 0 Å². The van der Waals surface area contributed by atoms with Crippen LogP contribution >= 0.6 is 0 Å². The van der Waals surface area contributed by atoms with E-state index in [1.807, 2.05) is 18.2 Å². The molecule has 18 heavy (non-hydrogen) atoms. The molecule has 2 rings (SSSR count). The fourth-order valence-electron chi connectivity index (χ4n) is 2.74. The summed E-state index contributed by atoms with van der Waals surface area (Å²) < 4.78 is 5.26. The Morgan fingerprint density at radius 2 is 2.06 bits per heavy atom. The molecular weight excluding hydrogens is 228 g/mol. The number of methoxy groups -OCH3 is 1. The molecule has 0 unspecified atom stereocenters. The molecule has 0 radical (unpaired) electrons. The predicted octanol–water partition coefficient (Wildman–Crippen LogP) is 2.02. The van der Waals surface area contributed by atoms with E-state index < -0.39 is 0 Å². The summed E-state index contributed by atoms with van der Waals surface area (Å²) in [5.41, 5.74) is 7.65. The highest BCUT2D eigenvalue weighted by Crippen LogP contribution is 2.31. The summed E-state index contributed by atoms with van der Waals surface area (Å²) in [4.78, 5) is 2.26. The lowest BCUT2D eigenvalue weighted by Gasteiger charge is -2.31. The highest BCUT2D eigenvalue weighted by molar-refractivity contribution is 5.61. The molecule has 4 heteroatoms. The zero-order valence-electron chi connectivity index (χ0n) is 10.9. The summed E-state index contributed by atoms with van der Waals surface area (Å²) >= 11 is 0. The van der Waals surface area contributed by atoms with Gasteiger partial charge in [-0.15, -0.1) is 0 Å². The van der Waals surface area contributed by atoms with E-state index in [9.17, 15) is 5.11 Å². The van der Waals surface area contributed by atoms with E-state index in [1.165, 1.54) is 25.7 Å². The first-order valence-corrected chi connectivity index (χ1v) is 6.56. The molecule has 1 aliphatic carbocycles. The molecule has 0 aliphatic heterocycles. The first-order valence-electron chi connectivity index (χ1n) is 6.56. The number of hydrogen-bond donors (Lipinski definition) is 2. The van der Waals surface area contributed by atoms with E-state index in [0.29, 0.717) is 18.3 Å². The van der Waals surface area contributed by atoms with Crippen molar-refractivity contribution in [3.8, 4) is 5.75 Å². The zero-order chi connectivity index (χ0) is 13.0. The lowest BCUT2D eigenvalue weighted by atomic mass is 10.1. The van der Waals surface area contributed by atoms with E-state index in [-0.39, 0.29) is 6.61 Å². The number of hydrogen-bond acceptors (Lipinski definition) is 4. The standard InChI is InChI=1S/C14H22N2O2/c1-18-14-9-11(15)8-13(10-14)16(6-7-17)12-4-2-3-5-12/h8-10,12,17H,2-7,15H2,1H3. The molecule has 3 N–H and O–H groups in total. The van der Waals surface area contributed by atoms with Gasteiger partial charge in [-0.1, -0.05) is 12.8 Å². The van der Waals surface area contributed by atoms with Crippen LogP contribution in [0.5, 0.6) is 5.75 Å². The number of nitrogen functional groups attached to an aromatic ring is 1. The molecule has 1 aromatic rings. The molecule has 0 amide bonds. The predicted molar refractivity (Wildman–Crippen MR) is 74.1 cm³/mol. The molecule has 0 spiro atoms. The lowest BCUT2D eigenvalue weighted by Crippen LogP contribution is -2.35. The normalized spacial score (nSPS) is 15.9. The zero-order valence-corrected chi connectivity index (χ0v) is 10.9. The van der Waals surface area contributed by atoms with Gasteiger partial charge in [-0.05, 0) is 18.9 Å². The Hall–Kier alpha value is -1.42. The molecule has 0 aromatic heterocycles. The summed E-state index contributed by atoms with van der Waals surface area (Å²) in [6, 6.07) is 6.28. The Morgan fingerprint density at radius 1 is 1.33 bits per heavy atom. The highest BCUT2D eigenvalue weighted by atomic mass is 16.5. The summed E-state index contributed by atoms with van der Waals surface area (Å²) in [6.07, 6.45) is 4.92. The molecule has 1 aliphatic rings. The molecule has 1 aromatic carbocycles. The smallest absolute Gasteiger partial charge is 0.122 e. The number of nitrogens with two attached hydrogens (primary N) is 1. The van der Waals surface area contributed by atoms with Gasteiger partial charge in [0.1, 0.15) is 5.75 Å².